The van der Waals surface area contributed by atoms with Crippen LogP contribution >= 0.6 is 0 Å². The number of aromatic hydroxyl groups is 1. The highest BCUT2D eigenvalue weighted by Crippen LogP contribution is 2.42. The molecule has 25 heavy (non-hydrogen) atoms. The van der Waals surface area contributed by atoms with Crippen molar-refractivity contribution < 1.29 is 24.2 Å². The summed E-state index contributed by atoms with van der Waals surface area (Å²) in [7, 11) is 1.42. The molecule has 5 heteroatoms. The van der Waals surface area contributed by atoms with Gasteiger partial charge in [0.1, 0.15) is 11.5 Å². The summed E-state index contributed by atoms with van der Waals surface area (Å²) in [6, 6.07) is 6.23. The lowest BCUT2D eigenvalue weighted by Crippen LogP contribution is -2.28. The van der Waals surface area contributed by atoms with E-state index in [1.54, 1.807) is 18.2 Å². The van der Waals surface area contributed by atoms with Gasteiger partial charge in [0.15, 0.2) is 11.6 Å². The number of rotatable bonds is 1. The molecule has 0 saturated carbocycles. The van der Waals surface area contributed by atoms with E-state index in [0.29, 0.717) is 18.4 Å². The van der Waals surface area contributed by atoms with Gasteiger partial charge in [0.05, 0.1) is 18.2 Å². The van der Waals surface area contributed by atoms with E-state index >= 15 is 0 Å². The Bertz CT molecular complexity index is 971. The molecule has 4 rings (SSSR count). The van der Waals surface area contributed by atoms with Crippen LogP contribution in [0.4, 0.5) is 0 Å². The number of benzene rings is 2. The van der Waals surface area contributed by atoms with Crippen LogP contribution in [-0.4, -0.2) is 29.6 Å². The Morgan fingerprint density at radius 3 is 2.48 bits per heavy atom. The molecule has 2 aromatic carbocycles. The lowest BCUT2D eigenvalue weighted by atomic mass is 9.74. The number of fused-ring (bicyclic) bond motifs is 4. The number of Topliss-reactive ketones (excluding diaryl/α,β-unsaturated/α-hetero) is 1. The van der Waals surface area contributed by atoms with Crippen LogP contribution in [0, 0.1) is 5.92 Å². The van der Waals surface area contributed by atoms with Crippen LogP contribution in [0.25, 0.3) is 0 Å². The number of carbonyl (C=O) groups is 3. The van der Waals surface area contributed by atoms with E-state index in [1.165, 1.54) is 13.2 Å². The topological polar surface area (TPSA) is 80.7 Å². The van der Waals surface area contributed by atoms with Gasteiger partial charge in [-0.2, -0.15) is 0 Å². The molecule has 1 unspecified atom stereocenters. The quantitative estimate of drug-likeness (QED) is 0.739. The SMILES string of the molecule is COc1cccc2c1C(=O)c1c(O)cc3c(c1C2=O)C(=O)CC(C)C3. The molecule has 5 nitrogen and oxygen atoms in total. The van der Waals surface area contributed by atoms with Crippen molar-refractivity contribution in [2.75, 3.05) is 7.11 Å². The first-order valence-corrected chi connectivity index (χ1v) is 8.12. The molecular formula is C20H16O5. The molecule has 1 N–H and O–H groups in total. The number of ketones is 3. The number of hydrogen-bond acceptors (Lipinski definition) is 5. The van der Waals surface area contributed by atoms with Gasteiger partial charge < -0.3 is 9.84 Å². The number of methoxy groups -OCH3 is 1. The minimum Gasteiger partial charge on any atom is -0.507 e. The maximum Gasteiger partial charge on any atom is 0.202 e. The van der Waals surface area contributed by atoms with Crippen molar-refractivity contribution >= 4 is 17.3 Å². The third kappa shape index (κ3) is 2.05. The van der Waals surface area contributed by atoms with E-state index in [-0.39, 0.29) is 51.0 Å². The van der Waals surface area contributed by atoms with Gasteiger partial charge in [-0.25, -0.2) is 0 Å². The second-order valence-corrected chi connectivity index (χ2v) is 6.66. The highest BCUT2D eigenvalue weighted by Gasteiger charge is 2.40. The average molecular weight is 336 g/mol. The van der Waals surface area contributed by atoms with Crippen LogP contribution in [0.2, 0.25) is 0 Å². The van der Waals surface area contributed by atoms with Crippen LogP contribution in [0.15, 0.2) is 24.3 Å². The minimum absolute atomic E-state index is 0.0395. The second-order valence-electron chi connectivity index (χ2n) is 6.66. The molecule has 1 atom stereocenters. The van der Waals surface area contributed by atoms with Crippen molar-refractivity contribution in [3.05, 3.63) is 57.6 Å². The number of phenolic OH excluding ortho intramolecular Hbond substituents is 1. The molecule has 0 bridgehead atoms. The van der Waals surface area contributed by atoms with Crippen LogP contribution in [-0.2, 0) is 6.42 Å². The number of hydrogen-bond donors (Lipinski definition) is 1. The van der Waals surface area contributed by atoms with Crippen molar-refractivity contribution in [3.63, 3.8) is 0 Å². The fourth-order valence-electron chi connectivity index (χ4n) is 3.91. The van der Waals surface area contributed by atoms with Crippen LogP contribution in [0.5, 0.6) is 11.5 Å². The molecule has 2 aliphatic rings. The largest absolute Gasteiger partial charge is 0.507 e. The zero-order chi connectivity index (χ0) is 17.9. The van der Waals surface area contributed by atoms with Gasteiger partial charge in [-0.05, 0) is 30.0 Å². The molecule has 0 aliphatic heterocycles. The van der Waals surface area contributed by atoms with E-state index in [1.807, 2.05) is 6.92 Å². The van der Waals surface area contributed by atoms with Crippen LogP contribution in [0.3, 0.4) is 0 Å². The van der Waals surface area contributed by atoms with Crippen molar-refractivity contribution in [3.8, 4) is 11.5 Å². The summed E-state index contributed by atoms with van der Waals surface area (Å²) in [5.74, 6) is -0.909. The van der Waals surface area contributed by atoms with Crippen LogP contribution < -0.4 is 4.74 Å². The predicted molar refractivity (Wildman–Crippen MR) is 89.8 cm³/mol. The fraction of sp³-hybridized carbons (Fsp3) is 0.250. The predicted octanol–water partition coefficient (Wildman–Crippen LogP) is 2.94. The maximum absolute atomic E-state index is 13.1. The molecule has 0 heterocycles. The Morgan fingerprint density at radius 1 is 1.00 bits per heavy atom. The number of ether oxygens (including phenoxy) is 1. The van der Waals surface area contributed by atoms with Crippen molar-refractivity contribution in [1.29, 1.82) is 0 Å². The van der Waals surface area contributed by atoms with Crippen molar-refractivity contribution in [2.45, 2.75) is 19.8 Å². The van der Waals surface area contributed by atoms with E-state index in [0.717, 1.165) is 0 Å². The van der Waals surface area contributed by atoms with Gasteiger partial charge in [-0.3, -0.25) is 14.4 Å². The monoisotopic (exact) mass is 336 g/mol. The normalized spacial score (nSPS) is 18.5. The van der Waals surface area contributed by atoms with E-state index in [4.69, 9.17) is 4.74 Å². The van der Waals surface area contributed by atoms with Gasteiger partial charge in [-0.15, -0.1) is 0 Å². The zero-order valence-corrected chi connectivity index (χ0v) is 13.9. The summed E-state index contributed by atoms with van der Waals surface area (Å²) >= 11 is 0. The highest BCUT2D eigenvalue weighted by atomic mass is 16.5. The van der Waals surface area contributed by atoms with Gasteiger partial charge in [0, 0.05) is 23.1 Å². The summed E-state index contributed by atoms with van der Waals surface area (Å²) in [5, 5.41) is 10.4. The van der Waals surface area contributed by atoms with E-state index in [2.05, 4.69) is 0 Å². The Balaban J connectivity index is 2.06. The molecule has 126 valence electrons. The standard InChI is InChI=1S/C20H16O5/c1-9-6-10-8-13(22)17-18(15(10)12(21)7-9)19(23)11-4-3-5-14(25-2)16(11)20(17)24/h3-5,8-9,22H,6-7H2,1-2H3. The molecule has 0 saturated heterocycles. The second kappa shape index (κ2) is 5.28. The Kier molecular flexibility index (Phi) is 3.29. The molecule has 2 aliphatic carbocycles. The van der Waals surface area contributed by atoms with Gasteiger partial charge in [0.25, 0.3) is 0 Å². The van der Waals surface area contributed by atoms with E-state index in [9.17, 15) is 19.5 Å². The Hall–Kier alpha value is -2.95. The first kappa shape index (κ1) is 15.6. The zero-order valence-electron chi connectivity index (χ0n) is 13.9. The summed E-state index contributed by atoms with van der Waals surface area (Å²) in [6.45, 7) is 1.95. The molecular weight excluding hydrogens is 320 g/mol. The first-order chi connectivity index (χ1) is 11.9. The lowest BCUT2D eigenvalue weighted by Gasteiger charge is -2.27. The summed E-state index contributed by atoms with van der Waals surface area (Å²) < 4.78 is 5.21. The Morgan fingerprint density at radius 2 is 1.76 bits per heavy atom. The highest BCUT2D eigenvalue weighted by molar-refractivity contribution is 6.32. The van der Waals surface area contributed by atoms with Gasteiger partial charge >= 0.3 is 0 Å². The molecule has 2 aromatic rings. The average Bonchev–Trinajstić information content (AvgIpc) is 2.57. The van der Waals surface area contributed by atoms with Gasteiger partial charge in [0.2, 0.25) is 5.78 Å². The third-order valence-electron chi connectivity index (χ3n) is 4.94. The maximum atomic E-state index is 13.1. The van der Waals surface area contributed by atoms with Crippen molar-refractivity contribution in [1.82, 2.24) is 0 Å². The molecule has 0 amide bonds. The van der Waals surface area contributed by atoms with Crippen LogP contribution in [0.1, 0.15) is 61.1 Å². The lowest BCUT2D eigenvalue weighted by molar-refractivity contribution is 0.0934. The number of phenols is 1. The van der Waals surface area contributed by atoms with Crippen molar-refractivity contribution in [2.24, 2.45) is 5.92 Å². The molecule has 0 fully saturated rings. The molecule has 0 radical (unpaired) electrons. The minimum atomic E-state index is -0.492. The smallest absolute Gasteiger partial charge is 0.202 e. The summed E-state index contributed by atoms with van der Waals surface area (Å²) in [5.41, 5.74) is 1.21. The molecule has 0 aromatic heterocycles. The molecule has 0 spiro atoms. The Labute approximate surface area is 144 Å². The van der Waals surface area contributed by atoms with Gasteiger partial charge in [-0.1, -0.05) is 19.1 Å². The first-order valence-electron chi connectivity index (χ1n) is 8.12. The number of carbonyl (C=O) groups excluding carboxylic acids is 3. The third-order valence-corrected chi connectivity index (χ3v) is 4.94. The summed E-state index contributed by atoms with van der Waals surface area (Å²) in [6.07, 6.45) is 0.922. The summed E-state index contributed by atoms with van der Waals surface area (Å²) in [4.78, 5) is 38.7. The van der Waals surface area contributed by atoms with E-state index < -0.39 is 11.6 Å². The fourth-order valence-corrected chi connectivity index (χ4v) is 3.91.